The Balaban J connectivity index is 2.41. The van der Waals surface area contributed by atoms with Crippen molar-refractivity contribution in [3.8, 4) is 5.75 Å². The van der Waals surface area contributed by atoms with Crippen molar-refractivity contribution in [3.63, 3.8) is 0 Å². The summed E-state index contributed by atoms with van der Waals surface area (Å²) in [4.78, 5) is 11.8. The largest absolute Gasteiger partial charge is 0.434 e. The van der Waals surface area contributed by atoms with E-state index in [4.69, 9.17) is 12.2 Å². The number of H-pyrrole nitrogens is 1. The molecule has 0 unspecified atom stereocenters. The minimum absolute atomic E-state index is 0.00545. The lowest BCUT2D eigenvalue weighted by Gasteiger charge is -2.07. The summed E-state index contributed by atoms with van der Waals surface area (Å²) in [5.41, 5.74) is -0.0336. The van der Waals surface area contributed by atoms with Crippen LogP contribution in [0.5, 0.6) is 5.75 Å². The molecular weight excluding hydrogens is 302 g/mol. The summed E-state index contributed by atoms with van der Waals surface area (Å²) in [6.07, 6.45) is 1.21. The molecule has 0 aliphatic rings. The first-order chi connectivity index (χ1) is 9.99. The van der Waals surface area contributed by atoms with Crippen LogP contribution in [0.25, 0.3) is 0 Å². The lowest BCUT2D eigenvalue weighted by Crippen LogP contribution is -2.22. The Labute approximate surface area is 122 Å². The first kappa shape index (κ1) is 15.0. The zero-order valence-electron chi connectivity index (χ0n) is 10.8. The number of alkyl halides is 2. The molecule has 9 heteroatoms. The molecule has 0 saturated heterocycles. The van der Waals surface area contributed by atoms with E-state index in [-0.39, 0.29) is 21.8 Å². The lowest BCUT2D eigenvalue weighted by molar-refractivity contribution is -0.0499. The number of nitrogens with zero attached hydrogens (tertiary/aromatic N) is 3. The van der Waals surface area contributed by atoms with E-state index in [0.29, 0.717) is 0 Å². The van der Waals surface area contributed by atoms with Crippen molar-refractivity contribution >= 4 is 18.4 Å². The second kappa shape index (κ2) is 6.35. The first-order valence-corrected chi connectivity index (χ1v) is 6.16. The molecular formula is C12H10F2N4O2S. The van der Waals surface area contributed by atoms with Gasteiger partial charge >= 0.3 is 6.61 Å². The number of benzene rings is 1. The van der Waals surface area contributed by atoms with E-state index in [1.165, 1.54) is 25.3 Å². The van der Waals surface area contributed by atoms with Crippen molar-refractivity contribution in [2.24, 2.45) is 5.10 Å². The predicted molar refractivity (Wildman–Crippen MR) is 74.5 cm³/mol. The third-order valence-electron chi connectivity index (χ3n) is 2.46. The Morgan fingerprint density at radius 3 is 2.90 bits per heavy atom. The van der Waals surface area contributed by atoms with Gasteiger partial charge in [0.05, 0.1) is 6.21 Å². The van der Waals surface area contributed by atoms with Gasteiger partial charge in [0, 0.05) is 5.56 Å². The van der Waals surface area contributed by atoms with Gasteiger partial charge in [-0.15, -0.1) is 0 Å². The molecule has 0 fully saturated rings. The number of aryl methyl sites for hydroxylation is 1. The van der Waals surface area contributed by atoms with Crippen molar-refractivity contribution in [3.05, 3.63) is 50.6 Å². The Morgan fingerprint density at radius 2 is 2.19 bits per heavy atom. The van der Waals surface area contributed by atoms with Gasteiger partial charge in [0.2, 0.25) is 4.77 Å². The van der Waals surface area contributed by atoms with Crippen LogP contribution in [0.2, 0.25) is 0 Å². The number of aromatic amines is 1. The smallest absolute Gasteiger partial charge is 0.387 e. The quantitative estimate of drug-likeness (QED) is 0.693. The summed E-state index contributed by atoms with van der Waals surface area (Å²) < 4.78 is 29.9. The van der Waals surface area contributed by atoms with Crippen LogP contribution in [0.1, 0.15) is 11.3 Å². The standard InChI is InChI=1S/C12H10F2N4O2S/c1-7-10(19)18(12(21)17-16-7)15-6-8-4-2-3-5-9(8)20-11(13)14/h2-6,11H,1H3,(H,17,21)/b15-6-. The monoisotopic (exact) mass is 312 g/mol. The maximum absolute atomic E-state index is 12.3. The molecule has 110 valence electrons. The van der Waals surface area contributed by atoms with Gasteiger partial charge in [0.25, 0.3) is 5.56 Å². The van der Waals surface area contributed by atoms with Crippen molar-refractivity contribution in [2.45, 2.75) is 13.5 Å². The van der Waals surface area contributed by atoms with Gasteiger partial charge in [-0.2, -0.15) is 23.7 Å². The van der Waals surface area contributed by atoms with Gasteiger partial charge in [0.15, 0.2) is 0 Å². The van der Waals surface area contributed by atoms with Crippen molar-refractivity contribution in [1.82, 2.24) is 14.9 Å². The van der Waals surface area contributed by atoms with E-state index in [1.807, 2.05) is 0 Å². The normalized spacial score (nSPS) is 11.2. The molecule has 0 spiro atoms. The molecule has 2 aromatic rings. The number of para-hydroxylation sites is 1. The average molecular weight is 312 g/mol. The molecule has 6 nitrogen and oxygen atoms in total. The Bertz CT molecular complexity index is 785. The van der Waals surface area contributed by atoms with Crippen LogP contribution in [0.15, 0.2) is 34.2 Å². The molecule has 1 aromatic heterocycles. The molecule has 2 rings (SSSR count). The topological polar surface area (TPSA) is 72.3 Å². The summed E-state index contributed by atoms with van der Waals surface area (Å²) in [6.45, 7) is -1.46. The van der Waals surface area contributed by atoms with Gasteiger partial charge in [0.1, 0.15) is 11.4 Å². The summed E-state index contributed by atoms with van der Waals surface area (Å²) >= 11 is 4.90. The van der Waals surface area contributed by atoms with Crippen LogP contribution in [-0.4, -0.2) is 27.7 Å². The molecule has 1 N–H and O–H groups in total. The Morgan fingerprint density at radius 1 is 1.48 bits per heavy atom. The minimum Gasteiger partial charge on any atom is -0.434 e. The zero-order chi connectivity index (χ0) is 15.4. The van der Waals surface area contributed by atoms with E-state index in [0.717, 1.165) is 4.68 Å². The van der Waals surface area contributed by atoms with E-state index in [2.05, 4.69) is 20.0 Å². The molecule has 0 aliphatic heterocycles. The predicted octanol–water partition coefficient (Wildman–Crippen LogP) is 2.09. The maximum atomic E-state index is 12.3. The van der Waals surface area contributed by atoms with Crippen LogP contribution in [-0.2, 0) is 0 Å². The molecule has 0 bridgehead atoms. The molecule has 0 radical (unpaired) electrons. The van der Waals surface area contributed by atoms with Crippen LogP contribution in [0.3, 0.4) is 0 Å². The molecule has 21 heavy (non-hydrogen) atoms. The first-order valence-electron chi connectivity index (χ1n) is 5.75. The number of aromatic nitrogens is 3. The van der Waals surface area contributed by atoms with Gasteiger partial charge < -0.3 is 4.74 Å². The highest BCUT2D eigenvalue weighted by Gasteiger charge is 2.08. The van der Waals surface area contributed by atoms with Crippen LogP contribution in [0, 0.1) is 11.7 Å². The van der Waals surface area contributed by atoms with Gasteiger partial charge in [-0.1, -0.05) is 12.1 Å². The van der Waals surface area contributed by atoms with Crippen molar-refractivity contribution < 1.29 is 13.5 Å². The lowest BCUT2D eigenvalue weighted by atomic mass is 10.2. The average Bonchev–Trinajstić information content (AvgIpc) is 2.44. The number of hydrogen-bond acceptors (Lipinski definition) is 5. The highest BCUT2D eigenvalue weighted by molar-refractivity contribution is 7.71. The zero-order valence-corrected chi connectivity index (χ0v) is 11.6. The molecule has 0 aliphatic carbocycles. The minimum atomic E-state index is -2.95. The highest BCUT2D eigenvalue weighted by atomic mass is 32.1. The van der Waals surface area contributed by atoms with Gasteiger partial charge in [-0.3, -0.25) is 9.89 Å². The van der Waals surface area contributed by atoms with Crippen LogP contribution < -0.4 is 10.3 Å². The fraction of sp³-hybridized carbons (Fsp3) is 0.167. The van der Waals surface area contributed by atoms with E-state index < -0.39 is 12.2 Å². The summed E-state index contributed by atoms with van der Waals surface area (Å²) in [5.74, 6) is -0.0509. The molecule has 0 atom stereocenters. The third-order valence-corrected chi connectivity index (χ3v) is 2.73. The molecule has 0 saturated carbocycles. The van der Waals surface area contributed by atoms with Crippen LogP contribution >= 0.6 is 12.2 Å². The van der Waals surface area contributed by atoms with Gasteiger partial charge in [-0.25, -0.2) is 0 Å². The SMILES string of the molecule is Cc1n[nH]c(=S)n(/N=C\c2ccccc2OC(F)F)c1=O. The number of ether oxygens (including phenoxy) is 1. The van der Waals surface area contributed by atoms with Gasteiger partial charge in [-0.05, 0) is 31.3 Å². The summed E-state index contributed by atoms with van der Waals surface area (Å²) in [7, 11) is 0. The second-order valence-corrected chi connectivity index (χ2v) is 4.28. The number of rotatable bonds is 4. The summed E-state index contributed by atoms with van der Waals surface area (Å²) in [5, 5.41) is 10.0. The fourth-order valence-corrected chi connectivity index (χ4v) is 1.66. The van der Waals surface area contributed by atoms with Crippen molar-refractivity contribution in [1.29, 1.82) is 0 Å². The fourth-order valence-electron chi connectivity index (χ4n) is 1.49. The molecule has 1 heterocycles. The second-order valence-electron chi connectivity index (χ2n) is 3.89. The Hall–Kier alpha value is -2.42. The molecule has 1 aromatic carbocycles. The maximum Gasteiger partial charge on any atom is 0.387 e. The molecule has 0 amide bonds. The van der Waals surface area contributed by atoms with E-state index in [9.17, 15) is 13.6 Å². The third kappa shape index (κ3) is 3.57. The van der Waals surface area contributed by atoms with E-state index >= 15 is 0 Å². The Kier molecular flexibility index (Phi) is 4.53. The van der Waals surface area contributed by atoms with E-state index in [1.54, 1.807) is 12.1 Å². The highest BCUT2D eigenvalue weighted by Crippen LogP contribution is 2.18. The number of halogens is 2. The summed E-state index contributed by atoms with van der Waals surface area (Å²) in [6, 6.07) is 6.06. The van der Waals surface area contributed by atoms with Crippen molar-refractivity contribution in [2.75, 3.05) is 0 Å². The number of hydrogen-bond donors (Lipinski definition) is 1. The number of nitrogens with one attached hydrogen (secondary N) is 1. The van der Waals surface area contributed by atoms with Crippen LogP contribution in [0.4, 0.5) is 8.78 Å².